The Morgan fingerprint density at radius 3 is 2.68 bits per heavy atom. The molecule has 1 heterocycles. The summed E-state index contributed by atoms with van der Waals surface area (Å²) in [5.74, 6) is -2.43. The molecule has 8 heteroatoms. The average Bonchev–Trinajstić information content (AvgIpc) is 3.13. The Morgan fingerprint density at radius 1 is 1.45 bits per heavy atom. The smallest absolute Gasteiger partial charge is 0.226 e. The molecule has 0 spiro atoms. The quantitative estimate of drug-likeness (QED) is 0.850. The van der Waals surface area contributed by atoms with Crippen LogP contribution in [0.4, 0.5) is 8.78 Å². The molecule has 3 N–H and O–H groups in total. The van der Waals surface area contributed by atoms with E-state index in [4.69, 9.17) is 5.73 Å². The number of nitrogens with two attached hydrogens (primary N) is 1. The van der Waals surface area contributed by atoms with Crippen molar-refractivity contribution >= 4 is 5.91 Å². The fourth-order valence-corrected chi connectivity index (χ4v) is 2.86. The maximum atomic E-state index is 14.2. The molecule has 22 heavy (non-hydrogen) atoms. The van der Waals surface area contributed by atoms with Crippen molar-refractivity contribution in [2.75, 3.05) is 0 Å². The van der Waals surface area contributed by atoms with Gasteiger partial charge in [0.15, 0.2) is 0 Å². The lowest BCUT2D eigenvalue weighted by Crippen LogP contribution is -2.48. The molecule has 1 saturated carbocycles. The maximum Gasteiger partial charge on any atom is 0.226 e. The molecule has 2 aromatic rings. The van der Waals surface area contributed by atoms with E-state index in [1.54, 1.807) is 0 Å². The van der Waals surface area contributed by atoms with Gasteiger partial charge < -0.3 is 10.8 Å². The van der Waals surface area contributed by atoms with E-state index in [0.717, 1.165) is 12.1 Å². The average molecular weight is 308 g/mol. The third-order valence-corrected chi connectivity index (χ3v) is 4.25. The molecule has 1 aliphatic carbocycles. The molecule has 0 saturated heterocycles. The number of hydrogen-bond donors (Lipinski definition) is 2. The molecule has 3 rings (SSSR count). The van der Waals surface area contributed by atoms with E-state index in [0.29, 0.717) is 18.9 Å². The first-order chi connectivity index (χ1) is 10.4. The number of rotatable bonds is 5. The van der Waals surface area contributed by atoms with E-state index in [1.807, 2.05) is 0 Å². The van der Waals surface area contributed by atoms with Crippen LogP contribution in [-0.4, -0.2) is 25.8 Å². The highest BCUT2D eigenvalue weighted by atomic mass is 19.1. The number of primary amides is 1. The number of aliphatic hydroxyl groups is 1. The van der Waals surface area contributed by atoms with Crippen molar-refractivity contribution in [2.24, 2.45) is 11.1 Å². The number of aromatic nitrogens is 3. The normalized spacial score (nSPS) is 18.7. The van der Waals surface area contributed by atoms with Crippen LogP contribution in [0.15, 0.2) is 30.9 Å². The number of hydrogen-bond acceptors (Lipinski definition) is 4. The summed E-state index contributed by atoms with van der Waals surface area (Å²) in [5.41, 5.74) is 2.02. The number of carbonyl (C=O) groups excluding carboxylic acids is 1. The molecule has 1 aromatic heterocycles. The second kappa shape index (κ2) is 4.84. The molecule has 0 bridgehead atoms. The van der Waals surface area contributed by atoms with Gasteiger partial charge in [-0.2, -0.15) is 5.10 Å². The van der Waals surface area contributed by atoms with Crippen molar-refractivity contribution in [3.8, 4) is 0 Å². The highest BCUT2D eigenvalue weighted by Gasteiger charge is 2.64. The van der Waals surface area contributed by atoms with Gasteiger partial charge in [-0.3, -0.25) is 4.79 Å². The van der Waals surface area contributed by atoms with Gasteiger partial charge in [0.1, 0.15) is 29.9 Å². The zero-order chi connectivity index (χ0) is 16.0. The predicted octanol–water partition coefficient (Wildman–Crippen LogP) is 0.710. The fourth-order valence-electron chi connectivity index (χ4n) is 2.86. The lowest BCUT2D eigenvalue weighted by Gasteiger charge is -2.35. The summed E-state index contributed by atoms with van der Waals surface area (Å²) in [5, 5.41) is 15.0. The van der Waals surface area contributed by atoms with Crippen LogP contribution in [0, 0.1) is 17.0 Å². The van der Waals surface area contributed by atoms with Gasteiger partial charge in [0, 0.05) is 11.6 Å². The van der Waals surface area contributed by atoms with Crippen LogP contribution in [0.1, 0.15) is 18.4 Å². The van der Waals surface area contributed by atoms with E-state index >= 15 is 0 Å². The molecule has 1 amide bonds. The Labute approximate surface area is 124 Å². The van der Waals surface area contributed by atoms with Gasteiger partial charge in [-0.15, -0.1) is 0 Å². The maximum absolute atomic E-state index is 14.2. The van der Waals surface area contributed by atoms with Crippen molar-refractivity contribution in [3.63, 3.8) is 0 Å². The van der Waals surface area contributed by atoms with E-state index in [-0.39, 0.29) is 12.1 Å². The number of benzene rings is 1. The minimum Gasteiger partial charge on any atom is -0.382 e. The van der Waals surface area contributed by atoms with Gasteiger partial charge in [-0.25, -0.2) is 18.4 Å². The first-order valence-corrected chi connectivity index (χ1v) is 6.69. The number of nitrogens with zero attached hydrogens (tertiary/aromatic N) is 3. The Hall–Kier alpha value is -2.35. The van der Waals surface area contributed by atoms with Crippen molar-refractivity contribution in [1.29, 1.82) is 0 Å². The number of halogens is 2. The summed E-state index contributed by atoms with van der Waals surface area (Å²) in [7, 11) is 0. The van der Waals surface area contributed by atoms with Crippen LogP contribution in [0.5, 0.6) is 0 Å². The van der Waals surface area contributed by atoms with Gasteiger partial charge in [0.25, 0.3) is 0 Å². The van der Waals surface area contributed by atoms with E-state index in [1.165, 1.54) is 17.3 Å². The zero-order valence-corrected chi connectivity index (χ0v) is 11.5. The number of carbonyl (C=O) groups is 1. The molecule has 1 unspecified atom stereocenters. The first kappa shape index (κ1) is 14.6. The van der Waals surface area contributed by atoms with Gasteiger partial charge in [-0.05, 0) is 18.9 Å². The first-order valence-electron chi connectivity index (χ1n) is 6.69. The Bertz CT molecular complexity index is 716. The molecule has 1 atom stereocenters. The van der Waals surface area contributed by atoms with Gasteiger partial charge in [-0.1, -0.05) is 6.07 Å². The largest absolute Gasteiger partial charge is 0.382 e. The minimum atomic E-state index is -1.93. The monoisotopic (exact) mass is 308 g/mol. The van der Waals surface area contributed by atoms with Crippen molar-refractivity contribution in [1.82, 2.24) is 14.8 Å². The Morgan fingerprint density at radius 2 is 2.18 bits per heavy atom. The Balaban J connectivity index is 2.12. The summed E-state index contributed by atoms with van der Waals surface area (Å²) in [4.78, 5) is 15.6. The summed E-state index contributed by atoms with van der Waals surface area (Å²) in [6.07, 6.45) is 3.24. The second-order valence-electron chi connectivity index (χ2n) is 5.52. The highest BCUT2D eigenvalue weighted by molar-refractivity contribution is 5.85. The fraction of sp³-hybridized carbons (Fsp3) is 0.357. The summed E-state index contributed by atoms with van der Waals surface area (Å²) in [6, 6.07) is 2.82. The SMILES string of the molecule is NC(=O)C1(C(O)(Cn2cncn2)c2ccc(F)cc2F)CC1. The van der Waals surface area contributed by atoms with Crippen LogP contribution >= 0.6 is 0 Å². The predicted molar refractivity (Wildman–Crippen MR) is 71.1 cm³/mol. The molecule has 1 aromatic carbocycles. The summed E-state index contributed by atoms with van der Waals surface area (Å²) >= 11 is 0. The molecule has 116 valence electrons. The lowest BCUT2D eigenvalue weighted by atomic mass is 9.77. The van der Waals surface area contributed by atoms with Crippen LogP contribution in [-0.2, 0) is 16.9 Å². The Kier molecular flexibility index (Phi) is 3.21. The van der Waals surface area contributed by atoms with Gasteiger partial charge in [0.2, 0.25) is 5.91 Å². The van der Waals surface area contributed by atoms with Crippen LogP contribution in [0.2, 0.25) is 0 Å². The van der Waals surface area contributed by atoms with Gasteiger partial charge in [0.05, 0.1) is 12.0 Å². The molecular weight excluding hydrogens is 294 g/mol. The number of amides is 1. The second-order valence-corrected chi connectivity index (χ2v) is 5.52. The summed E-state index contributed by atoms with van der Waals surface area (Å²) in [6.45, 7) is -0.210. The van der Waals surface area contributed by atoms with Crippen LogP contribution in [0.3, 0.4) is 0 Å². The van der Waals surface area contributed by atoms with Crippen molar-refractivity contribution in [3.05, 3.63) is 48.1 Å². The van der Waals surface area contributed by atoms with Crippen LogP contribution < -0.4 is 5.73 Å². The molecule has 0 radical (unpaired) electrons. The molecule has 0 aliphatic heterocycles. The molecule has 1 fully saturated rings. The molecule has 6 nitrogen and oxygen atoms in total. The van der Waals surface area contributed by atoms with E-state index in [2.05, 4.69) is 10.1 Å². The minimum absolute atomic E-state index is 0.180. The standard InChI is InChI=1S/C14H14F2N4O2/c15-9-1-2-10(11(16)5-9)14(22,6-20-8-18-7-19-20)13(3-4-13)12(17)21/h1-2,5,7-8,22H,3-4,6H2,(H2,17,21). The third kappa shape index (κ3) is 2.07. The van der Waals surface area contributed by atoms with Crippen molar-refractivity contribution < 1.29 is 18.7 Å². The highest BCUT2D eigenvalue weighted by Crippen LogP contribution is 2.59. The van der Waals surface area contributed by atoms with Crippen molar-refractivity contribution in [2.45, 2.75) is 25.0 Å². The van der Waals surface area contributed by atoms with Crippen LogP contribution in [0.25, 0.3) is 0 Å². The van der Waals surface area contributed by atoms with E-state index < -0.39 is 28.6 Å². The topological polar surface area (TPSA) is 94.0 Å². The molecular formula is C14H14F2N4O2. The van der Waals surface area contributed by atoms with Gasteiger partial charge >= 0.3 is 0 Å². The summed E-state index contributed by atoms with van der Waals surface area (Å²) < 4.78 is 28.6. The third-order valence-electron chi connectivity index (χ3n) is 4.25. The zero-order valence-electron chi connectivity index (χ0n) is 11.5. The molecule has 1 aliphatic rings. The lowest BCUT2D eigenvalue weighted by molar-refractivity contribution is -0.138. The van der Waals surface area contributed by atoms with E-state index in [9.17, 15) is 18.7 Å².